The third kappa shape index (κ3) is 5.03. The van der Waals surface area contributed by atoms with E-state index in [1.54, 1.807) is 23.1 Å². The number of hydrazine groups is 1. The summed E-state index contributed by atoms with van der Waals surface area (Å²) in [5.41, 5.74) is 9.82. The maximum Gasteiger partial charge on any atom is 0.269 e. The maximum atomic E-state index is 12.2. The first-order valence-corrected chi connectivity index (χ1v) is 9.88. The van der Waals surface area contributed by atoms with Crippen LogP contribution in [0, 0.1) is 20.8 Å². The smallest absolute Gasteiger partial charge is 0.267 e. The van der Waals surface area contributed by atoms with Gasteiger partial charge in [0, 0.05) is 33.8 Å². The number of thioether (sulfide) groups is 1. The van der Waals surface area contributed by atoms with Crippen molar-refractivity contribution in [3.05, 3.63) is 63.9 Å². The minimum Gasteiger partial charge on any atom is -0.267 e. The number of carbonyl (C=O) groups is 1. The molecule has 8 heteroatoms. The van der Waals surface area contributed by atoms with Gasteiger partial charge in [-0.05, 0) is 44.5 Å². The molecule has 2 aromatic heterocycles. The van der Waals surface area contributed by atoms with Crippen LogP contribution in [0.15, 0.2) is 40.1 Å². The Kier molecular flexibility index (Phi) is 5.85. The fraction of sp³-hybridized carbons (Fsp3) is 0.222. The highest BCUT2D eigenvalue weighted by molar-refractivity contribution is 8.00. The van der Waals surface area contributed by atoms with Gasteiger partial charge in [0.05, 0.1) is 0 Å². The molecule has 3 rings (SSSR count). The summed E-state index contributed by atoms with van der Waals surface area (Å²) in [6, 6.07) is 9.40. The lowest BCUT2D eigenvalue weighted by atomic mass is 10.1. The average Bonchev–Trinajstić information content (AvgIpc) is 3.03. The quantitative estimate of drug-likeness (QED) is 0.495. The Bertz CT molecular complexity index is 888. The first-order chi connectivity index (χ1) is 12.5. The van der Waals surface area contributed by atoms with Gasteiger partial charge in [0.25, 0.3) is 5.91 Å². The molecule has 2 N–H and O–H groups in total. The highest BCUT2D eigenvalue weighted by atomic mass is 32.2. The van der Waals surface area contributed by atoms with Crippen LogP contribution in [0.25, 0.3) is 0 Å². The Morgan fingerprint density at radius 2 is 1.73 bits per heavy atom. The first-order valence-electron chi connectivity index (χ1n) is 8.02. The lowest BCUT2D eigenvalue weighted by Crippen LogP contribution is -2.30. The SMILES string of the molecule is Cc1cc(C)nc(NNC(=O)c2ccc(CSc3nc(C)cs3)cc2)n1. The van der Waals surface area contributed by atoms with E-state index in [4.69, 9.17) is 0 Å². The molecular weight excluding hydrogens is 366 g/mol. The van der Waals surface area contributed by atoms with Crippen LogP contribution in [0.3, 0.4) is 0 Å². The zero-order valence-corrected chi connectivity index (χ0v) is 16.4. The molecular formula is C18H19N5OS2. The summed E-state index contributed by atoms with van der Waals surface area (Å²) in [7, 11) is 0. The van der Waals surface area contributed by atoms with Gasteiger partial charge in [-0.3, -0.25) is 15.6 Å². The van der Waals surface area contributed by atoms with Crippen LogP contribution in [-0.2, 0) is 5.75 Å². The Balaban J connectivity index is 1.54. The Morgan fingerprint density at radius 1 is 1.04 bits per heavy atom. The van der Waals surface area contributed by atoms with Crippen molar-refractivity contribution in [2.24, 2.45) is 0 Å². The zero-order chi connectivity index (χ0) is 18.5. The van der Waals surface area contributed by atoms with Crippen LogP contribution in [-0.4, -0.2) is 20.9 Å². The summed E-state index contributed by atoms with van der Waals surface area (Å²) in [6.45, 7) is 5.75. The monoisotopic (exact) mass is 385 g/mol. The Hall–Kier alpha value is -2.45. The molecule has 0 spiro atoms. The number of rotatable bonds is 6. The number of carbonyl (C=O) groups excluding carboxylic acids is 1. The summed E-state index contributed by atoms with van der Waals surface area (Å²) in [6.07, 6.45) is 0. The number of amides is 1. The Morgan fingerprint density at radius 3 is 2.35 bits per heavy atom. The molecule has 1 aromatic carbocycles. The average molecular weight is 386 g/mol. The van der Waals surface area contributed by atoms with Crippen LogP contribution >= 0.6 is 23.1 Å². The number of hydrogen-bond acceptors (Lipinski definition) is 7. The molecule has 134 valence electrons. The van der Waals surface area contributed by atoms with Crippen molar-refractivity contribution in [3.63, 3.8) is 0 Å². The molecule has 0 unspecified atom stereocenters. The topological polar surface area (TPSA) is 79.8 Å². The second kappa shape index (κ2) is 8.29. The van der Waals surface area contributed by atoms with Crippen LogP contribution in [0.5, 0.6) is 0 Å². The van der Waals surface area contributed by atoms with Crippen molar-refractivity contribution in [2.45, 2.75) is 30.9 Å². The minimum absolute atomic E-state index is 0.234. The predicted octanol–water partition coefficient (Wildman–Crippen LogP) is 3.91. The fourth-order valence-electron chi connectivity index (χ4n) is 2.26. The maximum absolute atomic E-state index is 12.2. The summed E-state index contributed by atoms with van der Waals surface area (Å²) < 4.78 is 1.06. The van der Waals surface area contributed by atoms with E-state index in [1.807, 2.05) is 56.5 Å². The molecule has 0 atom stereocenters. The van der Waals surface area contributed by atoms with E-state index < -0.39 is 0 Å². The van der Waals surface area contributed by atoms with Gasteiger partial charge in [0.1, 0.15) is 4.34 Å². The molecule has 0 aliphatic rings. The van der Waals surface area contributed by atoms with E-state index >= 15 is 0 Å². The molecule has 0 saturated heterocycles. The van der Waals surface area contributed by atoms with Gasteiger partial charge >= 0.3 is 0 Å². The molecule has 26 heavy (non-hydrogen) atoms. The summed E-state index contributed by atoms with van der Waals surface area (Å²) in [4.78, 5) is 25.1. The number of hydrogen-bond donors (Lipinski definition) is 2. The van der Waals surface area contributed by atoms with Gasteiger partial charge in [-0.25, -0.2) is 15.0 Å². The number of aryl methyl sites for hydroxylation is 3. The lowest BCUT2D eigenvalue weighted by molar-refractivity contribution is 0.0962. The van der Waals surface area contributed by atoms with E-state index in [1.165, 1.54) is 0 Å². The number of aromatic nitrogens is 3. The zero-order valence-electron chi connectivity index (χ0n) is 14.7. The van der Waals surface area contributed by atoms with E-state index in [0.717, 1.165) is 32.7 Å². The molecule has 0 aliphatic heterocycles. The molecule has 1 amide bonds. The van der Waals surface area contributed by atoms with Gasteiger partial charge < -0.3 is 0 Å². The third-order valence-corrected chi connectivity index (χ3v) is 5.66. The summed E-state index contributed by atoms with van der Waals surface area (Å²) >= 11 is 3.35. The Labute approximate surface area is 160 Å². The van der Waals surface area contributed by atoms with Crippen molar-refractivity contribution in [3.8, 4) is 0 Å². The first kappa shape index (κ1) is 18.3. The molecule has 0 fully saturated rings. The number of benzene rings is 1. The van der Waals surface area contributed by atoms with Crippen molar-refractivity contribution in [1.82, 2.24) is 20.4 Å². The summed E-state index contributed by atoms with van der Waals surface area (Å²) in [5, 5.41) is 2.04. The van der Waals surface area contributed by atoms with Crippen LogP contribution in [0.4, 0.5) is 5.95 Å². The van der Waals surface area contributed by atoms with Crippen LogP contribution in [0.1, 0.15) is 33.0 Å². The largest absolute Gasteiger partial charge is 0.269 e. The second-order valence-electron chi connectivity index (χ2n) is 5.79. The summed E-state index contributed by atoms with van der Waals surface area (Å²) in [5.74, 6) is 0.967. The third-order valence-electron chi connectivity index (χ3n) is 3.45. The van der Waals surface area contributed by atoms with Crippen molar-refractivity contribution < 1.29 is 4.79 Å². The molecule has 6 nitrogen and oxygen atoms in total. The highest BCUT2D eigenvalue weighted by Crippen LogP contribution is 2.26. The molecule has 3 aromatic rings. The number of thiazole rings is 1. The molecule has 0 saturated carbocycles. The predicted molar refractivity (Wildman–Crippen MR) is 105 cm³/mol. The van der Waals surface area contributed by atoms with Gasteiger partial charge in [0.2, 0.25) is 5.95 Å². The standard InChI is InChI=1S/C18H19N5OS2/c1-11-8-12(2)20-17(19-11)23-22-16(24)15-6-4-14(5-7-15)10-26-18-21-13(3)9-25-18/h4-9H,10H2,1-3H3,(H,22,24)(H,19,20,23). The van der Waals surface area contributed by atoms with Gasteiger partial charge in [-0.1, -0.05) is 23.9 Å². The second-order valence-corrected chi connectivity index (χ2v) is 7.87. The van der Waals surface area contributed by atoms with Gasteiger partial charge in [0.15, 0.2) is 0 Å². The van der Waals surface area contributed by atoms with E-state index in [9.17, 15) is 4.79 Å². The van der Waals surface area contributed by atoms with Crippen molar-refractivity contribution >= 4 is 35.0 Å². The molecule has 0 aliphatic carbocycles. The van der Waals surface area contributed by atoms with Crippen LogP contribution < -0.4 is 10.9 Å². The van der Waals surface area contributed by atoms with Gasteiger partial charge in [-0.15, -0.1) is 11.3 Å². The van der Waals surface area contributed by atoms with Crippen molar-refractivity contribution in [2.75, 3.05) is 5.43 Å². The molecule has 0 bridgehead atoms. The van der Waals surface area contributed by atoms with Crippen molar-refractivity contribution in [1.29, 1.82) is 0 Å². The number of nitrogens with zero attached hydrogens (tertiary/aromatic N) is 3. The normalized spacial score (nSPS) is 10.6. The molecule has 2 heterocycles. The molecule has 0 radical (unpaired) electrons. The number of nitrogens with one attached hydrogen (secondary N) is 2. The highest BCUT2D eigenvalue weighted by Gasteiger charge is 2.07. The van der Waals surface area contributed by atoms with Crippen LogP contribution in [0.2, 0.25) is 0 Å². The van der Waals surface area contributed by atoms with E-state index in [0.29, 0.717) is 11.5 Å². The van der Waals surface area contributed by atoms with Gasteiger partial charge in [-0.2, -0.15) is 0 Å². The minimum atomic E-state index is -0.234. The lowest BCUT2D eigenvalue weighted by Gasteiger charge is -2.08. The van der Waals surface area contributed by atoms with E-state index in [2.05, 4.69) is 25.8 Å². The fourth-order valence-corrected chi connectivity index (χ4v) is 4.07. The number of anilines is 1. The van der Waals surface area contributed by atoms with E-state index in [-0.39, 0.29) is 5.91 Å².